The second-order valence-electron chi connectivity index (χ2n) is 8.78. The van der Waals surface area contributed by atoms with E-state index in [1.165, 1.54) is 0 Å². The quantitative estimate of drug-likeness (QED) is 0.516. The molecule has 0 aliphatic carbocycles. The van der Waals surface area contributed by atoms with Crippen LogP contribution in [0.2, 0.25) is 0 Å². The summed E-state index contributed by atoms with van der Waals surface area (Å²) in [6, 6.07) is 19.4. The molecule has 2 N–H and O–H groups in total. The van der Waals surface area contributed by atoms with Gasteiger partial charge in [0.05, 0.1) is 23.5 Å². The average molecular weight is 476 g/mol. The normalized spacial score (nSPS) is 19.0. The number of rotatable bonds is 7. The minimum absolute atomic E-state index is 0.0605. The minimum Gasteiger partial charge on any atom is -0.467 e. The fourth-order valence-corrected chi connectivity index (χ4v) is 4.89. The summed E-state index contributed by atoms with van der Waals surface area (Å²) in [6.07, 6.45) is 1.60. The summed E-state index contributed by atoms with van der Waals surface area (Å²) in [5, 5.41) is 8.55. The van der Waals surface area contributed by atoms with Gasteiger partial charge in [-0.1, -0.05) is 42.5 Å². The third-order valence-corrected chi connectivity index (χ3v) is 6.54. The highest BCUT2D eigenvalue weighted by atomic mass is 16.7. The maximum absolute atomic E-state index is 12.9. The number of hydrogen-bond donors (Lipinski definition) is 1. The molecular formula is C26H29N5O4. The van der Waals surface area contributed by atoms with Crippen LogP contribution in [-0.4, -0.2) is 60.3 Å². The summed E-state index contributed by atoms with van der Waals surface area (Å²) >= 11 is 0. The Hall–Kier alpha value is -3.85. The number of methoxy groups -OCH3 is 1. The highest BCUT2D eigenvalue weighted by Gasteiger charge is 2.44. The fourth-order valence-electron chi connectivity index (χ4n) is 4.89. The number of carbonyl (C=O) groups excluding carboxylic acids is 1. The third-order valence-electron chi connectivity index (χ3n) is 6.54. The first-order valence-electron chi connectivity index (χ1n) is 11.7. The topological polar surface area (TPSA) is 103 Å². The second-order valence-corrected chi connectivity index (χ2v) is 8.78. The van der Waals surface area contributed by atoms with Crippen molar-refractivity contribution >= 4 is 17.6 Å². The van der Waals surface area contributed by atoms with E-state index in [2.05, 4.69) is 15.1 Å². The van der Waals surface area contributed by atoms with Crippen LogP contribution in [0.3, 0.4) is 0 Å². The van der Waals surface area contributed by atoms with Crippen LogP contribution in [-0.2, 0) is 16.1 Å². The number of fused-ring (bicyclic) bond motifs is 2. The lowest BCUT2D eigenvalue weighted by atomic mass is 10.1. The van der Waals surface area contributed by atoms with Crippen LogP contribution in [0.15, 0.2) is 60.7 Å². The lowest BCUT2D eigenvalue weighted by Crippen LogP contribution is -2.56. The number of hydrogen-bond acceptors (Lipinski definition) is 8. The van der Waals surface area contributed by atoms with Crippen molar-refractivity contribution in [3.05, 3.63) is 66.2 Å². The monoisotopic (exact) mass is 475 g/mol. The Bertz CT molecular complexity index is 1160. The van der Waals surface area contributed by atoms with Gasteiger partial charge in [-0.25, -0.2) is 4.79 Å². The van der Waals surface area contributed by atoms with Crippen LogP contribution in [0.4, 0.5) is 16.3 Å². The van der Waals surface area contributed by atoms with E-state index in [0.717, 1.165) is 29.7 Å². The van der Waals surface area contributed by atoms with Crippen molar-refractivity contribution in [2.45, 2.75) is 31.5 Å². The number of piperazine rings is 1. The molecule has 2 fully saturated rings. The standard InChI is InChI=1S/C26H29N5O4/c1-33-17-35-24-10-6-5-9-21(24)22-13-23(25(27)29-28-22)30-14-19-11-12-20(15-30)31(19)26(32)34-16-18-7-3-2-4-8-18/h2-10,13,19-20H,11-12,14-17H2,1H3,(H2,27,29)/t19-,20+. The molecule has 1 aromatic heterocycles. The van der Waals surface area contributed by atoms with Crippen LogP contribution in [0.5, 0.6) is 5.75 Å². The van der Waals surface area contributed by atoms with Crippen LogP contribution < -0.4 is 15.4 Å². The molecule has 2 aliphatic heterocycles. The molecule has 2 atom stereocenters. The van der Waals surface area contributed by atoms with Gasteiger partial charge in [0.15, 0.2) is 12.6 Å². The number of benzene rings is 2. The van der Waals surface area contributed by atoms with Crippen LogP contribution in [0.1, 0.15) is 18.4 Å². The Labute approximate surface area is 204 Å². The average Bonchev–Trinajstić information content (AvgIpc) is 3.16. The lowest BCUT2D eigenvalue weighted by molar-refractivity contribution is 0.0515. The highest BCUT2D eigenvalue weighted by molar-refractivity contribution is 5.75. The molecule has 9 nitrogen and oxygen atoms in total. The van der Waals surface area contributed by atoms with Crippen molar-refractivity contribution in [1.82, 2.24) is 15.1 Å². The number of anilines is 2. The third kappa shape index (κ3) is 4.85. The van der Waals surface area contributed by atoms with Gasteiger partial charge in [-0.2, -0.15) is 0 Å². The summed E-state index contributed by atoms with van der Waals surface area (Å²) in [7, 11) is 1.58. The van der Waals surface area contributed by atoms with Gasteiger partial charge in [0.1, 0.15) is 12.4 Å². The zero-order chi connectivity index (χ0) is 24.2. The molecule has 3 heterocycles. The number of ether oxygens (including phenoxy) is 3. The molecule has 2 bridgehead atoms. The van der Waals surface area contributed by atoms with Crippen molar-refractivity contribution in [2.24, 2.45) is 0 Å². The van der Waals surface area contributed by atoms with E-state index >= 15 is 0 Å². The molecule has 9 heteroatoms. The Morgan fingerprint density at radius 2 is 1.74 bits per heavy atom. The Kier molecular flexibility index (Phi) is 6.67. The van der Waals surface area contributed by atoms with Gasteiger partial charge in [-0.05, 0) is 36.6 Å². The Morgan fingerprint density at radius 1 is 1.03 bits per heavy atom. The fraction of sp³-hybridized carbons (Fsp3) is 0.346. The molecule has 0 spiro atoms. The van der Waals surface area contributed by atoms with Gasteiger partial charge in [0.2, 0.25) is 0 Å². The molecule has 3 aromatic rings. The van der Waals surface area contributed by atoms with Gasteiger partial charge in [0.25, 0.3) is 0 Å². The van der Waals surface area contributed by atoms with Crippen molar-refractivity contribution < 1.29 is 19.0 Å². The number of amides is 1. The largest absolute Gasteiger partial charge is 0.467 e. The lowest BCUT2D eigenvalue weighted by Gasteiger charge is -2.41. The number of carbonyl (C=O) groups is 1. The Balaban J connectivity index is 1.32. The zero-order valence-corrected chi connectivity index (χ0v) is 19.7. The summed E-state index contributed by atoms with van der Waals surface area (Å²) in [4.78, 5) is 17.0. The minimum atomic E-state index is -0.258. The van der Waals surface area contributed by atoms with Crippen molar-refractivity contribution in [3.63, 3.8) is 0 Å². The molecule has 2 aliphatic rings. The number of nitrogens with zero attached hydrogens (tertiary/aromatic N) is 4. The molecule has 5 rings (SSSR count). The van der Waals surface area contributed by atoms with E-state index in [0.29, 0.717) is 30.4 Å². The highest BCUT2D eigenvalue weighted by Crippen LogP contribution is 2.37. The van der Waals surface area contributed by atoms with Crippen LogP contribution in [0, 0.1) is 0 Å². The molecular weight excluding hydrogens is 446 g/mol. The van der Waals surface area contributed by atoms with E-state index in [1.807, 2.05) is 65.6 Å². The first-order chi connectivity index (χ1) is 17.1. The maximum atomic E-state index is 12.9. The van der Waals surface area contributed by atoms with E-state index in [9.17, 15) is 4.79 Å². The zero-order valence-electron chi connectivity index (χ0n) is 19.7. The Morgan fingerprint density at radius 3 is 2.49 bits per heavy atom. The molecule has 1 amide bonds. The molecule has 0 saturated carbocycles. The molecule has 2 saturated heterocycles. The van der Waals surface area contributed by atoms with E-state index < -0.39 is 0 Å². The van der Waals surface area contributed by atoms with Gasteiger partial charge in [-0.15, -0.1) is 10.2 Å². The molecule has 182 valence electrons. The van der Waals surface area contributed by atoms with Gasteiger partial charge < -0.3 is 24.8 Å². The molecule has 35 heavy (non-hydrogen) atoms. The first-order valence-corrected chi connectivity index (χ1v) is 11.7. The second kappa shape index (κ2) is 10.2. The van der Waals surface area contributed by atoms with Crippen LogP contribution >= 0.6 is 0 Å². The summed E-state index contributed by atoms with van der Waals surface area (Å²) < 4.78 is 16.4. The van der Waals surface area contributed by atoms with Crippen molar-refractivity contribution in [2.75, 3.05) is 37.6 Å². The summed E-state index contributed by atoms with van der Waals surface area (Å²) in [6.45, 7) is 1.73. The SMILES string of the molecule is COCOc1ccccc1-c1cc(N2C[C@H]3CC[C@@H](C2)N3C(=O)OCc2ccccc2)c(N)nn1. The van der Waals surface area contributed by atoms with E-state index in [4.69, 9.17) is 19.9 Å². The van der Waals surface area contributed by atoms with Crippen molar-refractivity contribution in [1.29, 1.82) is 0 Å². The number of nitrogens with two attached hydrogens (primary N) is 1. The molecule has 2 aromatic carbocycles. The maximum Gasteiger partial charge on any atom is 0.410 e. The van der Waals surface area contributed by atoms with E-state index in [-0.39, 0.29) is 31.6 Å². The summed E-state index contributed by atoms with van der Waals surface area (Å²) in [5.41, 5.74) is 9.52. The first kappa shape index (κ1) is 22.9. The smallest absolute Gasteiger partial charge is 0.410 e. The number of para-hydroxylation sites is 1. The van der Waals surface area contributed by atoms with Gasteiger partial charge >= 0.3 is 6.09 Å². The van der Waals surface area contributed by atoms with Crippen LogP contribution in [0.25, 0.3) is 11.3 Å². The predicted octanol–water partition coefficient (Wildman–Crippen LogP) is 3.70. The molecule has 0 unspecified atom stereocenters. The van der Waals surface area contributed by atoms with Gasteiger partial charge in [-0.3, -0.25) is 4.90 Å². The van der Waals surface area contributed by atoms with Crippen molar-refractivity contribution in [3.8, 4) is 17.0 Å². The van der Waals surface area contributed by atoms with Gasteiger partial charge in [0, 0.05) is 25.8 Å². The number of nitrogen functional groups attached to an aromatic ring is 1. The van der Waals surface area contributed by atoms with E-state index in [1.54, 1.807) is 7.11 Å². The molecule has 0 radical (unpaired) electrons. The number of aromatic nitrogens is 2. The summed E-state index contributed by atoms with van der Waals surface area (Å²) in [5.74, 6) is 1.02. The predicted molar refractivity (Wildman–Crippen MR) is 132 cm³/mol.